The summed E-state index contributed by atoms with van der Waals surface area (Å²) in [5, 5.41) is 0.402. The Kier molecular flexibility index (Phi) is 4.41. The smallest absolute Gasteiger partial charge is 0.0718 e. The first-order valence-corrected chi connectivity index (χ1v) is 7.90. The second-order valence-corrected chi connectivity index (χ2v) is 9.92. The van der Waals surface area contributed by atoms with Crippen LogP contribution in [0, 0.1) is 0 Å². The van der Waals surface area contributed by atoms with E-state index in [1.165, 1.54) is 5.57 Å². The second kappa shape index (κ2) is 4.32. The summed E-state index contributed by atoms with van der Waals surface area (Å²) in [5.74, 6) is 0. The highest BCUT2D eigenvalue weighted by Gasteiger charge is 2.28. The molecule has 0 aromatic carbocycles. The molecule has 0 N–H and O–H groups in total. The fraction of sp³-hybridized carbons (Fsp3) is 0.778. The van der Waals surface area contributed by atoms with Crippen LogP contribution in [0.4, 0.5) is 0 Å². The van der Waals surface area contributed by atoms with E-state index in [2.05, 4.69) is 33.5 Å². The Morgan fingerprint density at radius 2 is 2.00 bits per heavy atom. The molecule has 0 aliphatic carbocycles. The first-order valence-electron chi connectivity index (χ1n) is 4.18. The zero-order valence-corrected chi connectivity index (χ0v) is 9.83. The zero-order valence-electron chi connectivity index (χ0n) is 8.08. The van der Waals surface area contributed by atoms with E-state index in [9.17, 15) is 0 Å². The maximum absolute atomic E-state index is 6.22. The molecule has 0 aliphatic rings. The fourth-order valence-corrected chi connectivity index (χ4v) is 4.55. The molecule has 0 nitrogen and oxygen atoms in total. The van der Waals surface area contributed by atoms with Crippen LogP contribution in [0.1, 0.15) is 20.3 Å². The second-order valence-electron chi connectivity index (χ2n) is 4.00. The third kappa shape index (κ3) is 3.97. The number of hydrogen-bond acceptors (Lipinski definition) is 0. The molecule has 0 rings (SSSR count). The van der Waals surface area contributed by atoms with Crippen LogP contribution >= 0.6 is 11.6 Å². The lowest BCUT2D eigenvalue weighted by Gasteiger charge is -2.27. The number of hydrogen-bond donors (Lipinski definition) is 0. The quantitative estimate of drug-likeness (QED) is 0.359. The zero-order chi connectivity index (χ0) is 9.07. The van der Waals surface area contributed by atoms with E-state index in [4.69, 9.17) is 11.6 Å². The van der Waals surface area contributed by atoms with E-state index in [1.807, 2.05) is 0 Å². The summed E-state index contributed by atoms with van der Waals surface area (Å²) in [6.07, 6.45) is 1.09. The van der Waals surface area contributed by atoms with Crippen LogP contribution in [0.15, 0.2) is 12.2 Å². The highest BCUT2D eigenvalue weighted by Crippen LogP contribution is 2.24. The predicted molar refractivity (Wildman–Crippen MR) is 57.0 cm³/mol. The monoisotopic (exact) mass is 190 g/mol. The minimum atomic E-state index is -1.20. The van der Waals surface area contributed by atoms with Crippen molar-refractivity contribution < 1.29 is 0 Å². The van der Waals surface area contributed by atoms with Gasteiger partial charge in [0.05, 0.1) is 8.07 Å². The first-order chi connectivity index (χ1) is 4.90. The molecule has 11 heavy (non-hydrogen) atoms. The van der Waals surface area contributed by atoms with Crippen molar-refractivity contribution in [2.75, 3.05) is 0 Å². The fourth-order valence-electron chi connectivity index (χ4n) is 1.44. The molecule has 0 aromatic heterocycles. The third-order valence-corrected chi connectivity index (χ3v) is 7.66. The van der Waals surface area contributed by atoms with E-state index in [1.54, 1.807) is 0 Å². The van der Waals surface area contributed by atoms with Crippen molar-refractivity contribution in [2.24, 2.45) is 0 Å². The van der Waals surface area contributed by atoms with Gasteiger partial charge < -0.3 is 0 Å². The van der Waals surface area contributed by atoms with Gasteiger partial charge in [-0.15, -0.1) is 18.2 Å². The summed E-state index contributed by atoms with van der Waals surface area (Å²) >= 11 is 6.22. The molecule has 0 aromatic rings. The Labute approximate surface area is 76.7 Å². The minimum Gasteiger partial charge on any atom is -0.127 e. The van der Waals surface area contributed by atoms with Gasteiger partial charge in [-0.05, 0) is 19.4 Å². The van der Waals surface area contributed by atoms with E-state index >= 15 is 0 Å². The summed E-state index contributed by atoms with van der Waals surface area (Å²) < 4.78 is 0. The largest absolute Gasteiger partial charge is 0.127 e. The Morgan fingerprint density at radius 3 is 2.27 bits per heavy atom. The molecule has 0 saturated heterocycles. The standard InChI is InChI=1S/C9H19ClSi/c1-6-9(10)11(4,5)7-8(2)3/h9H,2,6-7H2,1,3-5H3. The van der Waals surface area contributed by atoms with Crippen molar-refractivity contribution in [1.82, 2.24) is 0 Å². The number of halogens is 1. The lowest BCUT2D eigenvalue weighted by molar-refractivity contribution is 0.988. The normalized spacial score (nSPS) is 14.6. The van der Waals surface area contributed by atoms with E-state index in [-0.39, 0.29) is 0 Å². The topological polar surface area (TPSA) is 0 Å². The summed E-state index contributed by atoms with van der Waals surface area (Å²) in [5.41, 5.74) is 1.28. The molecule has 0 saturated carbocycles. The molecule has 0 aliphatic heterocycles. The Bertz CT molecular complexity index is 140. The van der Waals surface area contributed by atoms with E-state index in [0.29, 0.717) is 5.00 Å². The van der Waals surface area contributed by atoms with Gasteiger partial charge in [0.2, 0.25) is 0 Å². The van der Waals surface area contributed by atoms with Crippen molar-refractivity contribution in [2.45, 2.75) is 44.4 Å². The maximum atomic E-state index is 6.22. The SMILES string of the molecule is C=C(C)C[Si](C)(C)C(Cl)CC. The van der Waals surface area contributed by atoms with Gasteiger partial charge in [0.1, 0.15) is 0 Å². The molecule has 0 bridgehead atoms. The minimum absolute atomic E-state index is 0.402. The van der Waals surface area contributed by atoms with Crippen LogP contribution in [0.25, 0.3) is 0 Å². The van der Waals surface area contributed by atoms with Crippen LogP contribution in [0.3, 0.4) is 0 Å². The predicted octanol–water partition coefficient (Wildman–Crippen LogP) is 3.83. The lowest BCUT2D eigenvalue weighted by Crippen LogP contribution is -2.37. The maximum Gasteiger partial charge on any atom is 0.0718 e. The van der Waals surface area contributed by atoms with Gasteiger partial charge in [-0.2, -0.15) is 0 Å². The number of alkyl halides is 1. The Balaban J connectivity index is 4.08. The van der Waals surface area contributed by atoms with Gasteiger partial charge in [0.15, 0.2) is 0 Å². The summed E-state index contributed by atoms with van der Waals surface area (Å²) in [7, 11) is -1.20. The Hall–Kier alpha value is 0.247. The molecule has 0 amide bonds. The molecule has 1 unspecified atom stereocenters. The van der Waals surface area contributed by atoms with Gasteiger partial charge in [0.25, 0.3) is 0 Å². The summed E-state index contributed by atoms with van der Waals surface area (Å²) in [6, 6.07) is 1.16. The van der Waals surface area contributed by atoms with Crippen LogP contribution in [-0.2, 0) is 0 Å². The summed E-state index contributed by atoms with van der Waals surface area (Å²) in [6.45, 7) is 12.9. The van der Waals surface area contributed by atoms with Crippen molar-refractivity contribution in [3.05, 3.63) is 12.2 Å². The summed E-state index contributed by atoms with van der Waals surface area (Å²) in [4.78, 5) is 0. The number of rotatable bonds is 4. The van der Waals surface area contributed by atoms with Gasteiger partial charge in [-0.3, -0.25) is 0 Å². The molecule has 0 heterocycles. The lowest BCUT2D eigenvalue weighted by atomic mass is 10.4. The van der Waals surface area contributed by atoms with Crippen molar-refractivity contribution in [3.63, 3.8) is 0 Å². The molecule has 2 heteroatoms. The van der Waals surface area contributed by atoms with Gasteiger partial charge >= 0.3 is 0 Å². The average Bonchev–Trinajstić information content (AvgIpc) is 1.83. The van der Waals surface area contributed by atoms with Crippen LogP contribution in [0.5, 0.6) is 0 Å². The van der Waals surface area contributed by atoms with Gasteiger partial charge in [0, 0.05) is 5.00 Å². The third-order valence-electron chi connectivity index (χ3n) is 1.96. The van der Waals surface area contributed by atoms with E-state index < -0.39 is 8.07 Å². The van der Waals surface area contributed by atoms with Crippen molar-refractivity contribution in [3.8, 4) is 0 Å². The highest BCUT2D eigenvalue weighted by molar-refractivity contribution is 6.85. The average molecular weight is 191 g/mol. The van der Waals surface area contributed by atoms with Gasteiger partial charge in [-0.25, -0.2) is 0 Å². The van der Waals surface area contributed by atoms with Crippen LogP contribution in [0.2, 0.25) is 19.1 Å². The van der Waals surface area contributed by atoms with Crippen LogP contribution in [-0.4, -0.2) is 13.1 Å². The molecule has 0 fully saturated rings. The van der Waals surface area contributed by atoms with Crippen LogP contribution < -0.4 is 0 Å². The molecule has 66 valence electrons. The van der Waals surface area contributed by atoms with Crippen molar-refractivity contribution >= 4 is 19.7 Å². The number of allylic oxidation sites excluding steroid dienone is 1. The molecule has 0 radical (unpaired) electrons. The van der Waals surface area contributed by atoms with Gasteiger partial charge in [-0.1, -0.05) is 25.6 Å². The van der Waals surface area contributed by atoms with Crippen molar-refractivity contribution in [1.29, 1.82) is 0 Å². The molecular formula is C9H19ClSi. The first kappa shape index (κ1) is 11.2. The molecule has 0 spiro atoms. The van der Waals surface area contributed by atoms with E-state index in [0.717, 1.165) is 12.5 Å². The highest BCUT2D eigenvalue weighted by atomic mass is 35.5. The molecular weight excluding hydrogens is 172 g/mol. The Morgan fingerprint density at radius 1 is 1.55 bits per heavy atom. The molecule has 1 atom stereocenters.